The van der Waals surface area contributed by atoms with E-state index in [0.29, 0.717) is 0 Å². The molecule has 0 radical (unpaired) electrons. The predicted octanol–water partition coefficient (Wildman–Crippen LogP) is -1.61. The Morgan fingerprint density at radius 3 is 2.20 bits per heavy atom. The number of rotatable bonds is 0. The average molecular weight is 217 g/mol. The maximum Gasteiger partial charge on any atom is 2.00 e. The maximum atomic E-state index is 11.9. The molecule has 0 unspecified atom stereocenters. The molecule has 0 bridgehead atoms. The first-order chi connectivity index (χ1) is 3.80. The minimum Gasteiger partial charge on any atom is -1.00 e. The second kappa shape index (κ2) is 6.06. The quantitative estimate of drug-likeness (QED) is 0.362. The van der Waals surface area contributed by atoms with Crippen molar-refractivity contribution in [1.29, 1.82) is 0 Å². The van der Waals surface area contributed by atoms with Crippen molar-refractivity contribution in [2.24, 2.45) is 0 Å². The van der Waals surface area contributed by atoms with Crippen LogP contribution in [0.1, 0.15) is 0 Å². The van der Waals surface area contributed by atoms with E-state index in [1.807, 2.05) is 0 Å². The summed E-state index contributed by atoms with van der Waals surface area (Å²) in [6.07, 6.45) is 0. The molecule has 0 saturated carbocycles. The Hall–Kier alpha value is 0.326. The van der Waals surface area contributed by atoms with E-state index in [-0.39, 0.29) is 40.0 Å². The Kier molecular flexibility index (Phi) is 7.86. The van der Waals surface area contributed by atoms with Crippen LogP contribution < -0.4 is 17.0 Å². The molecule has 1 rings (SSSR count). The van der Waals surface area contributed by atoms with E-state index in [0.717, 1.165) is 6.07 Å². The Labute approximate surface area is 84.5 Å². The van der Waals surface area contributed by atoms with Crippen molar-refractivity contribution >= 4 is 23.1 Å². The number of hydrogen-bond donors (Lipinski definition) is 0. The summed E-state index contributed by atoms with van der Waals surface area (Å²) in [5.41, 5.74) is 0. The van der Waals surface area contributed by atoms with E-state index in [2.05, 4.69) is 6.07 Å². The number of benzene rings is 1. The smallest absolute Gasteiger partial charge is 1.00 e. The van der Waals surface area contributed by atoms with Crippen LogP contribution in [0.2, 0.25) is 0 Å². The largest absolute Gasteiger partial charge is 2.00 e. The van der Waals surface area contributed by atoms with Crippen molar-refractivity contribution in [3.63, 3.8) is 0 Å². The molecule has 10 heavy (non-hydrogen) atoms. The molecule has 0 aromatic heterocycles. The van der Waals surface area contributed by atoms with Crippen LogP contribution in [-0.2, 0) is 0 Å². The van der Waals surface area contributed by atoms with Crippen molar-refractivity contribution in [3.05, 3.63) is 35.9 Å². The topological polar surface area (TPSA) is 0 Å². The molecule has 0 heterocycles. The van der Waals surface area contributed by atoms with Gasteiger partial charge in [0.25, 0.3) is 0 Å². The summed E-state index contributed by atoms with van der Waals surface area (Å²) < 4.78 is 23.8. The molecule has 0 N–H and O–H groups in total. The first-order valence-corrected chi connectivity index (χ1v) is 2.12. The first kappa shape index (κ1) is 13.0. The van der Waals surface area contributed by atoms with Crippen LogP contribution in [0, 0.1) is 17.7 Å². The van der Waals surface area contributed by atoms with Crippen LogP contribution in [0.15, 0.2) is 18.2 Å². The molecule has 0 fully saturated rings. The zero-order valence-electron chi connectivity index (χ0n) is 5.07. The van der Waals surface area contributed by atoms with Crippen molar-refractivity contribution in [2.75, 3.05) is 0 Å². The SMILES string of the molecule is Fc1[c-]cccc1F.[Br-].[Mg+2]. The molecule has 0 aliphatic heterocycles. The van der Waals surface area contributed by atoms with Crippen molar-refractivity contribution in [2.45, 2.75) is 0 Å². The van der Waals surface area contributed by atoms with Crippen molar-refractivity contribution < 1.29 is 25.8 Å². The molecule has 1 aromatic carbocycles. The van der Waals surface area contributed by atoms with E-state index in [9.17, 15) is 8.78 Å². The van der Waals surface area contributed by atoms with Crippen LogP contribution in [-0.4, -0.2) is 23.1 Å². The predicted molar refractivity (Wildman–Crippen MR) is 30.9 cm³/mol. The molecule has 50 valence electrons. The zero-order chi connectivity index (χ0) is 5.98. The van der Waals surface area contributed by atoms with Gasteiger partial charge in [-0.3, -0.25) is 4.39 Å². The summed E-state index contributed by atoms with van der Waals surface area (Å²) in [5, 5.41) is 0. The van der Waals surface area contributed by atoms with Gasteiger partial charge in [0.1, 0.15) is 0 Å². The minimum absolute atomic E-state index is 0. The summed E-state index contributed by atoms with van der Waals surface area (Å²) in [5.74, 6) is -1.78. The third kappa shape index (κ3) is 3.48. The maximum absolute atomic E-state index is 11.9. The van der Waals surface area contributed by atoms with E-state index in [4.69, 9.17) is 0 Å². The Balaban J connectivity index is 0. The van der Waals surface area contributed by atoms with Gasteiger partial charge in [-0.2, -0.15) is 12.1 Å². The van der Waals surface area contributed by atoms with E-state index < -0.39 is 11.6 Å². The number of halogens is 3. The summed E-state index contributed by atoms with van der Waals surface area (Å²) in [7, 11) is 0. The van der Waals surface area contributed by atoms with Crippen molar-refractivity contribution in [1.82, 2.24) is 0 Å². The second-order valence-electron chi connectivity index (χ2n) is 1.33. The summed E-state index contributed by atoms with van der Waals surface area (Å²) in [4.78, 5) is 0. The van der Waals surface area contributed by atoms with E-state index >= 15 is 0 Å². The molecule has 0 amide bonds. The Bertz CT molecular complexity index is 172. The third-order valence-electron chi connectivity index (χ3n) is 0.759. The molecule has 0 saturated heterocycles. The fourth-order valence-electron chi connectivity index (χ4n) is 0.396. The summed E-state index contributed by atoms with van der Waals surface area (Å²) >= 11 is 0. The summed E-state index contributed by atoms with van der Waals surface area (Å²) in [6.45, 7) is 0. The molecule has 0 nitrogen and oxygen atoms in total. The molecular weight excluding hydrogens is 214 g/mol. The van der Waals surface area contributed by atoms with Crippen LogP contribution >= 0.6 is 0 Å². The Morgan fingerprint density at radius 1 is 1.30 bits per heavy atom. The molecule has 0 aliphatic carbocycles. The van der Waals surface area contributed by atoms with Gasteiger partial charge in [0, 0.05) is 11.6 Å². The van der Waals surface area contributed by atoms with Gasteiger partial charge in [0.15, 0.2) is 0 Å². The summed E-state index contributed by atoms with van der Waals surface area (Å²) in [6, 6.07) is 5.81. The molecule has 0 spiro atoms. The van der Waals surface area contributed by atoms with E-state index in [1.165, 1.54) is 12.1 Å². The Morgan fingerprint density at radius 2 is 1.90 bits per heavy atom. The number of hydrogen-bond acceptors (Lipinski definition) is 0. The van der Waals surface area contributed by atoms with Crippen LogP contribution in [0.5, 0.6) is 0 Å². The normalized spacial score (nSPS) is 7.40. The molecular formula is C6H3BrF2Mg. The van der Waals surface area contributed by atoms with Gasteiger partial charge < -0.3 is 17.0 Å². The standard InChI is InChI=1S/C6H3F2.BrH.Mg/c7-5-3-1-2-4-6(5)8;;/h1-3H;1H;/q-1;;+2/p-1. The minimum atomic E-state index is -0.924. The van der Waals surface area contributed by atoms with Crippen LogP contribution in [0.3, 0.4) is 0 Å². The molecule has 0 atom stereocenters. The third-order valence-corrected chi connectivity index (χ3v) is 0.759. The van der Waals surface area contributed by atoms with Crippen LogP contribution in [0.25, 0.3) is 0 Å². The van der Waals surface area contributed by atoms with E-state index in [1.54, 1.807) is 0 Å². The van der Waals surface area contributed by atoms with Gasteiger partial charge in [-0.1, -0.05) is 0 Å². The average Bonchev–Trinajstić information content (AvgIpc) is 1.77. The first-order valence-electron chi connectivity index (χ1n) is 2.12. The van der Waals surface area contributed by atoms with Crippen LogP contribution in [0.4, 0.5) is 8.78 Å². The van der Waals surface area contributed by atoms with Gasteiger partial charge in [-0.25, -0.2) is 4.39 Å². The fraction of sp³-hybridized carbons (Fsp3) is 0. The van der Waals surface area contributed by atoms with Crippen molar-refractivity contribution in [3.8, 4) is 0 Å². The van der Waals surface area contributed by atoms with Gasteiger partial charge in [-0.15, -0.1) is 12.1 Å². The van der Waals surface area contributed by atoms with Gasteiger partial charge >= 0.3 is 23.1 Å². The molecule has 0 aliphatic rings. The van der Waals surface area contributed by atoms with Gasteiger partial charge in [-0.05, 0) is 0 Å². The fourth-order valence-corrected chi connectivity index (χ4v) is 0.396. The second-order valence-corrected chi connectivity index (χ2v) is 1.33. The van der Waals surface area contributed by atoms with Gasteiger partial charge in [0.05, 0.1) is 0 Å². The zero-order valence-corrected chi connectivity index (χ0v) is 8.07. The monoisotopic (exact) mass is 216 g/mol. The molecule has 1 aromatic rings. The molecule has 4 heteroatoms. The van der Waals surface area contributed by atoms with Gasteiger partial charge in [0.2, 0.25) is 0 Å².